The van der Waals surface area contributed by atoms with E-state index >= 15 is 0 Å². The van der Waals surface area contributed by atoms with Gasteiger partial charge in [-0.05, 0) is 43.5 Å². The molecule has 3 rings (SSSR count). The Kier molecular flexibility index (Phi) is 14.8. The molecule has 0 atom stereocenters. The number of halogens is 5. The van der Waals surface area contributed by atoms with Gasteiger partial charge in [-0.25, -0.2) is 18.2 Å². The molecular formula is C26H32Cl2F3N4O8PS2. The monoisotopic (exact) mass is 750 g/mol. The molecule has 0 spiro atoms. The maximum absolute atomic E-state index is 12.9. The molecule has 1 amide bonds. The molecule has 12 nitrogen and oxygen atoms in total. The Hall–Kier alpha value is -2.37. The van der Waals surface area contributed by atoms with Gasteiger partial charge in [0.05, 0.1) is 25.5 Å². The van der Waals surface area contributed by atoms with Crippen LogP contribution in [0.15, 0.2) is 52.6 Å². The van der Waals surface area contributed by atoms with Gasteiger partial charge in [-0.1, -0.05) is 48.8 Å². The molecule has 256 valence electrons. The second-order valence-corrected chi connectivity index (χ2v) is 14.8. The van der Waals surface area contributed by atoms with Crippen molar-refractivity contribution in [1.82, 2.24) is 9.55 Å². The number of benzene rings is 1. The van der Waals surface area contributed by atoms with Gasteiger partial charge in [0.25, 0.3) is 0 Å². The largest absolute Gasteiger partial charge is 0.741 e. The number of rotatable bonds is 13. The first-order valence-electron chi connectivity index (χ1n) is 13.3. The first kappa shape index (κ1) is 39.8. The highest BCUT2D eigenvalue weighted by molar-refractivity contribution is 7.99. The fourth-order valence-corrected chi connectivity index (χ4v) is 7.21. The highest BCUT2D eigenvalue weighted by Crippen LogP contribution is 2.48. The predicted octanol–water partition coefficient (Wildman–Crippen LogP) is 6.67. The first-order chi connectivity index (χ1) is 21.3. The van der Waals surface area contributed by atoms with E-state index in [0.29, 0.717) is 35.6 Å². The van der Waals surface area contributed by atoms with Crippen molar-refractivity contribution in [2.75, 3.05) is 13.2 Å². The molecule has 2 heterocycles. The zero-order valence-electron chi connectivity index (χ0n) is 25.0. The van der Waals surface area contributed by atoms with E-state index in [1.807, 2.05) is 55.1 Å². The summed E-state index contributed by atoms with van der Waals surface area (Å²) in [6.45, 7) is 8.59. The quantitative estimate of drug-likeness (QED) is 0.0863. The third-order valence-corrected chi connectivity index (χ3v) is 9.61. The van der Waals surface area contributed by atoms with E-state index in [4.69, 9.17) is 60.7 Å². The van der Waals surface area contributed by atoms with Crippen LogP contribution in [0.25, 0.3) is 0 Å². The number of hydrogen-bond donors (Lipinski definition) is 1. The third-order valence-electron chi connectivity index (χ3n) is 5.54. The van der Waals surface area contributed by atoms with Crippen molar-refractivity contribution >= 4 is 58.8 Å². The van der Waals surface area contributed by atoms with Crippen LogP contribution in [0.3, 0.4) is 0 Å². The number of carbonyl (C=O) groups is 1. The average Bonchev–Trinajstić information content (AvgIpc) is 3.24. The summed E-state index contributed by atoms with van der Waals surface area (Å²) in [5.41, 5.74) is 1.38. The molecule has 2 aromatic heterocycles. The summed E-state index contributed by atoms with van der Waals surface area (Å²) in [4.78, 5) is 17.0. The lowest BCUT2D eigenvalue weighted by Crippen LogP contribution is -2.33. The van der Waals surface area contributed by atoms with Gasteiger partial charge in [-0.2, -0.15) is 17.7 Å². The van der Waals surface area contributed by atoms with Crippen molar-refractivity contribution in [3.63, 3.8) is 0 Å². The lowest BCUT2D eigenvalue weighted by atomic mass is 10.1. The number of alkyl halides is 3. The van der Waals surface area contributed by atoms with Gasteiger partial charge in [-0.15, -0.1) is 0 Å². The Morgan fingerprint density at radius 1 is 1.13 bits per heavy atom. The van der Waals surface area contributed by atoms with Gasteiger partial charge in [0.1, 0.15) is 10.9 Å². The minimum absolute atomic E-state index is 0.0787. The molecule has 1 aromatic carbocycles. The van der Waals surface area contributed by atoms with Crippen LogP contribution in [0, 0.1) is 0 Å². The Labute approximate surface area is 278 Å². The van der Waals surface area contributed by atoms with Gasteiger partial charge in [0, 0.05) is 27.1 Å². The summed E-state index contributed by atoms with van der Waals surface area (Å²) in [6.07, 6.45) is 2.87. The maximum Gasteiger partial charge on any atom is 0.485 e. The van der Waals surface area contributed by atoms with Gasteiger partial charge < -0.3 is 28.6 Å². The van der Waals surface area contributed by atoms with Crippen LogP contribution in [0.5, 0.6) is 0 Å². The van der Waals surface area contributed by atoms with E-state index in [9.17, 15) is 22.5 Å². The molecule has 0 aliphatic heterocycles. The summed E-state index contributed by atoms with van der Waals surface area (Å²) >= 11 is 14.0. The van der Waals surface area contributed by atoms with Crippen LogP contribution in [-0.4, -0.2) is 47.3 Å². The van der Waals surface area contributed by atoms with Crippen molar-refractivity contribution in [3.05, 3.63) is 69.9 Å². The molecule has 0 saturated carbocycles. The van der Waals surface area contributed by atoms with Crippen molar-refractivity contribution in [1.29, 1.82) is 0 Å². The van der Waals surface area contributed by atoms with E-state index in [1.54, 1.807) is 24.5 Å². The standard InChI is InChI=1S/C25H31Cl2N4O5PS.CHF3O3S/c1-5-35-37(33,36-6-2)16-30-9-7-18(8-10-30)14-31-22(15-34-25(28)32)29-23(17(3)4)24(31)38-21-12-19(26)11-20(27)13-21;2-1(3,4)8(5,6)7/h7-13,17H,5-6,14-16H2,1-4H3,(H-,28,32);(H,5,6,7). The Balaban J connectivity index is 0.000000812. The molecule has 20 heteroatoms. The molecule has 0 aliphatic rings. The zero-order valence-corrected chi connectivity index (χ0v) is 29.0. The van der Waals surface area contributed by atoms with E-state index in [0.717, 1.165) is 21.2 Å². The van der Waals surface area contributed by atoms with E-state index in [2.05, 4.69) is 0 Å². The summed E-state index contributed by atoms with van der Waals surface area (Å²) in [7, 11) is -9.34. The number of amides is 1. The number of carbonyl (C=O) groups excluding carboxylic acids is 1. The maximum atomic E-state index is 12.9. The lowest BCUT2D eigenvalue weighted by Gasteiger charge is -2.15. The molecule has 0 saturated heterocycles. The topological polar surface area (TPSA) is 167 Å². The smallest absolute Gasteiger partial charge is 0.485 e. The SMILES string of the molecule is CCOP(=O)(C[n+]1ccc(Cn2c(COC(N)=O)nc(C(C)C)c2Sc2cc(Cl)cc(Cl)c2)cc1)OCC.O=S(=O)([O-])C(F)(F)F. The minimum atomic E-state index is -6.09. The van der Waals surface area contributed by atoms with Crippen LogP contribution >= 0.6 is 42.6 Å². The van der Waals surface area contributed by atoms with Crippen LogP contribution in [0.1, 0.15) is 50.7 Å². The Bertz CT molecular complexity index is 1610. The highest BCUT2D eigenvalue weighted by atomic mass is 35.5. The van der Waals surface area contributed by atoms with Crippen molar-refractivity contribution in [3.8, 4) is 0 Å². The third kappa shape index (κ3) is 12.3. The van der Waals surface area contributed by atoms with Gasteiger partial charge >= 0.3 is 19.2 Å². The van der Waals surface area contributed by atoms with Gasteiger partial charge in [0.2, 0.25) is 6.29 Å². The number of nitrogens with zero attached hydrogens (tertiary/aromatic N) is 3. The fourth-order valence-electron chi connectivity index (χ4n) is 3.68. The molecule has 0 aliphatic carbocycles. The second-order valence-electron chi connectivity index (χ2n) is 9.48. The number of pyridine rings is 1. The summed E-state index contributed by atoms with van der Waals surface area (Å²) < 4.78 is 91.5. The minimum Gasteiger partial charge on any atom is -0.741 e. The molecule has 2 N–H and O–H groups in total. The average molecular weight is 752 g/mol. The van der Waals surface area contributed by atoms with E-state index in [-0.39, 0.29) is 18.8 Å². The van der Waals surface area contributed by atoms with Crippen LogP contribution in [0.2, 0.25) is 10.0 Å². The van der Waals surface area contributed by atoms with Crippen LogP contribution in [-0.2, 0) is 47.9 Å². The lowest BCUT2D eigenvalue weighted by molar-refractivity contribution is -0.680. The molecule has 0 bridgehead atoms. The van der Waals surface area contributed by atoms with Crippen LogP contribution in [0.4, 0.5) is 18.0 Å². The zero-order chi connectivity index (χ0) is 34.9. The summed E-state index contributed by atoms with van der Waals surface area (Å²) in [6, 6.07) is 9.18. The molecule has 0 unspecified atom stereocenters. The summed E-state index contributed by atoms with van der Waals surface area (Å²) in [5, 5.41) is 1.92. The molecule has 0 radical (unpaired) electrons. The van der Waals surface area contributed by atoms with Crippen molar-refractivity contribution in [2.24, 2.45) is 5.73 Å². The van der Waals surface area contributed by atoms with Crippen molar-refractivity contribution < 1.29 is 53.9 Å². The first-order valence-corrected chi connectivity index (χ1v) is 18.0. The van der Waals surface area contributed by atoms with Gasteiger partial charge in [-0.3, -0.25) is 4.57 Å². The molecule has 46 heavy (non-hydrogen) atoms. The van der Waals surface area contributed by atoms with Crippen LogP contribution < -0.4 is 10.3 Å². The predicted molar refractivity (Wildman–Crippen MR) is 164 cm³/mol. The molecule has 3 aromatic rings. The summed E-state index contributed by atoms with van der Waals surface area (Å²) in [5.74, 6) is 0.641. The molecular weight excluding hydrogens is 719 g/mol. The Morgan fingerprint density at radius 3 is 2.09 bits per heavy atom. The number of imidazole rings is 1. The number of ether oxygens (including phenoxy) is 1. The van der Waals surface area contributed by atoms with Gasteiger partial charge in [0.15, 0.2) is 29.1 Å². The number of aromatic nitrogens is 3. The van der Waals surface area contributed by atoms with E-state index in [1.165, 1.54) is 11.8 Å². The fraction of sp³-hybridized carbons (Fsp3) is 0.423. The number of nitrogens with two attached hydrogens (primary N) is 1. The Morgan fingerprint density at radius 2 is 1.65 bits per heavy atom. The number of hydrogen-bond acceptors (Lipinski definition) is 10. The van der Waals surface area contributed by atoms with E-state index < -0.39 is 29.3 Å². The highest BCUT2D eigenvalue weighted by Gasteiger charge is 2.37. The molecule has 0 fully saturated rings. The van der Waals surface area contributed by atoms with Crippen molar-refractivity contribution in [2.45, 2.75) is 68.5 Å². The second kappa shape index (κ2) is 17.2. The number of primary amides is 1. The normalized spacial score (nSPS) is 12.2.